The summed E-state index contributed by atoms with van der Waals surface area (Å²) in [6.07, 6.45) is 1.73. The number of hydrogen-bond donors (Lipinski definition) is 0. The predicted octanol–water partition coefficient (Wildman–Crippen LogP) is 1.84. The molecule has 0 unspecified atom stereocenters. The van der Waals surface area contributed by atoms with Gasteiger partial charge < -0.3 is 4.90 Å². The lowest BCUT2D eigenvalue weighted by atomic mass is 10.3. The van der Waals surface area contributed by atoms with Gasteiger partial charge >= 0.3 is 6.41 Å². The molecule has 0 bridgehead atoms. The number of hydrogen-bond acceptors (Lipinski definition) is 1. The average molecular weight is 169 g/mol. The molecule has 1 amide bonds. The summed E-state index contributed by atoms with van der Waals surface area (Å²) in [5.74, 6) is 0. The van der Waals surface area contributed by atoms with Crippen LogP contribution in [0.15, 0.2) is 24.3 Å². The predicted molar refractivity (Wildman–Crippen MR) is 45.5 cm³/mol. The molecule has 0 aliphatic carbocycles. The summed E-state index contributed by atoms with van der Waals surface area (Å²) < 4.78 is 0. The molecular formula is C8H7ClNO. The molecule has 0 heterocycles. The maximum Gasteiger partial charge on any atom is 0.316 e. The van der Waals surface area contributed by atoms with E-state index in [1.54, 1.807) is 37.7 Å². The van der Waals surface area contributed by atoms with Gasteiger partial charge in [-0.05, 0) is 18.2 Å². The first-order valence-electron chi connectivity index (χ1n) is 3.11. The fourth-order valence-electron chi connectivity index (χ4n) is 0.737. The molecule has 0 aliphatic heterocycles. The van der Waals surface area contributed by atoms with Gasteiger partial charge in [-0.2, -0.15) is 0 Å². The monoisotopic (exact) mass is 168 g/mol. The zero-order chi connectivity index (χ0) is 8.27. The molecule has 0 aliphatic rings. The lowest BCUT2D eigenvalue weighted by Crippen LogP contribution is -2.13. The molecule has 0 fully saturated rings. The minimum absolute atomic E-state index is 0.615. The maximum atomic E-state index is 10.2. The Morgan fingerprint density at radius 1 is 1.55 bits per heavy atom. The van der Waals surface area contributed by atoms with Crippen molar-refractivity contribution >= 4 is 23.7 Å². The number of amides is 1. The Kier molecular flexibility index (Phi) is 2.49. The number of rotatable bonds is 2. The Hall–Kier alpha value is -1.02. The van der Waals surface area contributed by atoms with E-state index in [0.29, 0.717) is 5.02 Å². The summed E-state index contributed by atoms with van der Waals surface area (Å²) in [6.45, 7) is 0. The molecule has 11 heavy (non-hydrogen) atoms. The molecule has 1 radical (unpaired) electrons. The van der Waals surface area contributed by atoms with Crippen molar-refractivity contribution in [3.05, 3.63) is 29.3 Å². The van der Waals surface area contributed by atoms with Crippen LogP contribution in [0.3, 0.4) is 0 Å². The number of halogens is 1. The van der Waals surface area contributed by atoms with Gasteiger partial charge in [-0.15, -0.1) is 0 Å². The van der Waals surface area contributed by atoms with Crippen molar-refractivity contribution in [2.75, 3.05) is 11.9 Å². The largest absolute Gasteiger partial charge is 0.316 e. The van der Waals surface area contributed by atoms with Crippen LogP contribution in [0.1, 0.15) is 0 Å². The van der Waals surface area contributed by atoms with Crippen LogP contribution >= 0.6 is 11.6 Å². The molecule has 0 saturated heterocycles. The summed E-state index contributed by atoms with van der Waals surface area (Å²) in [5.41, 5.74) is 0.743. The smallest absolute Gasteiger partial charge is 0.307 e. The van der Waals surface area contributed by atoms with Crippen LogP contribution in [0.5, 0.6) is 0 Å². The van der Waals surface area contributed by atoms with Gasteiger partial charge in [0, 0.05) is 17.8 Å². The summed E-state index contributed by atoms with van der Waals surface area (Å²) >= 11 is 5.69. The molecule has 2 nitrogen and oxygen atoms in total. The fraction of sp³-hybridized carbons (Fsp3) is 0.125. The van der Waals surface area contributed by atoms with Crippen molar-refractivity contribution in [2.45, 2.75) is 0 Å². The van der Waals surface area contributed by atoms with Crippen LogP contribution in [0, 0.1) is 0 Å². The molecular weight excluding hydrogens is 162 g/mol. The second kappa shape index (κ2) is 3.39. The molecule has 57 valence electrons. The second-order valence-corrected chi connectivity index (χ2v) is 2.57. The highest BCUT2D eigenvalue weighted by Gasteiger charge is 1.98. The van der Waals surface area contributed by atoms with Crippen LogP contribution in [0.4, 0.5) is 5.69 Å². The summed E-state index contributed by atoms with van der Waals surface area (Å²) in [7, 11) is 1.62. The summed E-state index contributed by atoms with van der Waals surface area (Å²) in [6, 6.07) is 7.03. The first-order chi connectivity index (χ1) is 5.24. The molecule has 0 N–H and O–H groups in total. The van der Waals surface area contributed by atoms with E-state index in [0.717, 1.165) is 5.69 Å². The lowest BCUT2D eigenvalue weighted by Gasteiger charge is -2.08. The third kappa shape index (κ3) is 1.95. The zero-order valence-electron chi connectivity index (χ0n) is 6.04. The molecule has 0 spiro atoms. The summed E-state index contributed by atoms with van der Waals surface area (Å²) in [4.78, 5) is 11.5. The normalized spacial score (nSPS) is 9.27. The van der Waals surface area contributed by atoms with Gasteiger partial charge in [0.1, 0.15) is 0 Å². The van der Waals surface area contributed by atoms with E-state index in [1.807, 2.05) is 0 Å². The van der Waals surface area contributed by atoms with E-state index in [4.69, 9.17) is 11.6 Å². The highest BCUT2D eigenvalue weighted by Crippen LogP contribution is 2.16. The van der Waals surface area contributed by atoms with Crippen LogP contribution in [0.2, 0.25) is 5.02 Å². The first-order valence-corrected chi connectivity index (χ1v) is 3.49. The Morgan fingerprint density at radius 2 is 2.27 bits per heavy atom. The minimum Gasteiger partial charge on any atom is -0.307 e. The van der Waals surface area contributed by atoms with Gasteiger partial charge in [0.25, 0.3) is 0 Å². The highest BCUT2D eigenvalue weighted by molar-refractivity contribution is 6.30. The van der Waals surface area contributed by atoms with Gasteiger partial charge in [0.15, 0.2) is 0 Å². The number of benzene rings is 1. The van der Waals surface area contributed by atoms with Gasteiger partial charge in [0.05, 0.1) is 0 Å². The van der Waals surface area contributed by atoms with E-state index in [2.05, 4.69) is 0 Å². The van der Waals surface area contributed by atoms with E-state index in [1.165, 1.54) is 4.90 Å². The average Bonchev–Trinajstić information content (AvgIpc) is 2.03. The van der Waals surface area contributed by atoms with Gasteiger partial charge in [-0.3, -0.25) is 4.79 Å². The molecule has 1 rings (SSSR count). The van der Waals surface area contributed by atoms with Gasteiger partial charge in [0.2, 0.25) is 0 Å². The Balaban J connectivity index is 2.95. The van der Waals surface area contributed by atoms with Crippen LogP contribution in [0.25, 0.3) is 0 Å². The van der Waals surface area contributed by atoms with Gasteiger partial charge in [-0.25, -0.2) is 0 Å². The van der Waals surface area contributed by atoms with E-state index >= 15 is 0 Å². The van der Waals surface area contributed by atoms with Crippen molar-refractivity contribution in [1.29, 1.82) is 0 Å². The topological polar surface area (TPSA) is 20.3 Å². The van der Waals surface area contributed by atoms with Crippen molar-refractivity contribution in [3.63, 3.8) is 0 Å². The van der Waals surface area contributed by atoms with E-state index < -0.39 is 0 Å². The quantitative estimate of drug-likeness (QED) is 0.618. The summed E-state index contributed by atoms with van der Waals surface area (Å²) in [5, 5.41) is 0.615. The molecule has 0 atom stereocenters. The number of nitrogens with zero attached hydrogens (tertiary/aromatic N) is 1. The fourth-order valence-corrected chi connectivity index (χ4v) is 0.922. The third-order valence-corrected chi connectivity index (χ3v) is 1.57. The van der Waals surface area contributed by atoms with Gasteiger partial charge in [-0.1, -0.05) is 17.7 Å². The second-order valence-electron chi connectivity index (χ2n) is 2.13. The SMILES string of the molecule is CN([C]=O)c1cccc(Cl)c1. The van der Waals surface area contributed by atoms with Crippen molar-refractivity contribution in [1.82, 2.24) is 0 Å². The molecule has 1 aromatic carbocycles. The Bertz CT molecular complexity index is 262. The van der Waals surface area contributed by atoms with Crippen molar-refractivity contribution < 1.29 is 4.79 Å². The minimum atomic E-state index is 0.615. The van der Waals surface area contributed by atoms with E-state index in [-0.39, 0.29) is 0 Å². The van der Waals surface area contributed by atoms with Crippen molar-refractivity contribution in [2.24, 2.45) is 0 Å². The molecule has 3 heteroatoms. The number of carbonyl (C=O) groups excluding carboxylic acids is 1. The van der Waals surface area contributed by atoms with Crippen LogP contribution in [-0.4, -0.2) is 13.5 Å². The third-order valence-electron chi connectivity index (χ3n) is 1.33. The molecule has 1 aromatic rings. The number of anilines is 1. The first kappa shape index (κ1) is 8.08. The standard InChI is InChI=1S/C8H7ClNO/c1-10(6-11)8-4-2-3-7(9)5-8/h2-5H,1H3. The Labute approximate surface area is 70.4 Å². The van der Waals surface area contributed by atoms with Crippen LogP contribution < -0.4 is 4.90 Å². The highest BCUT2D eigenvalue weighted by atomic mass is 35.5. The molecule has 0 saturated carbocycles. The Morgan fingerprint density at radius 3 is 2.82 bits per heavy atom. The molecule has 0 aromatic heterocycles. The van der Waals surface area contributed by atoms with Crippen molar-refractivity contribution in [3.8, 4) is 0 Å². The zero-order valence-corrected chi connectivity index (χ0v) is 6.80. The maximum absolute atomic E-state index is 10.2. The van der Waals surface area contributed by atoms with Crippen LogP contribution in [-0.2, 0) is 4.79 Å². The lowest BCUT2D eigenvalue weighted by molar-refractivity contribution is 0.554. The van der Waals surface area contributed by atoms with E-state index in [9.17, 15) is 4.79 Å².